The molecule has 0 unspecified atom stereocenters. The number of amides is 1. The molecule has 1 amide bonds. The SMILES string of the molecule is O=C(CSc1nncn1Cc1ccco1)Nc1cc(Cl)c(Cl)cc1Cl. The van der Waals surface area contributed by atoms with Gasteiger partial charge in [0.05, 0.1) is 39.3 Å². The van der Waals surface area contributed by atoms with Crippen LogP contribution in [0.2, 0.25) is 15.1 Å². The summed E-state index contributed by atoms with van der Waals surface area (Å²) in [5.74, 6) is 0.652. The van der Waals surface area contributed by atoms with Crippen molar-refractivity contribution in [2.75, 3.05) is 11.1 Å². The minimum Gasteiger partial charge on any atom is -0.467 e. The number of carbonyl (C=O) groups is 1. The van der Waals surface area contributed by atoms with E-state index in [0.29, 0.717) is 32.5 Å². The molecule has 0 saturated heterocycles. The van der Waals surface area contributed by atoms with Gasteiger partial charge in [0.2, 0.25) is 5.91 Å². The van der Waals surface area contributed by atoms with Gasteiger partial charge in [-0.2, -0.15) is 0 Å². The Morgan fingerprint density at radius 3 is 2.80 bits per heavy atom. The Kier molecular flexibility index (Phi) is 5.90. The molecule has 0 aliphatic carbocycles. The lowest BCUT2D eigenvalue weighted by Crippen LogP contribution is -2.15. The Bertz CT molecular complexity index is 883. The summed E-state index contributed by atoms with van der Waals surface area (Å²) in [6.45, 7) is 0.489. The van der Waals surface area contributed by atoms with Gasteiger partial charge in [0.1, 0.15) is 12.1 Å². The van der Waals surface area contributed by atoms with Crippen molar-refractivity contribution in [1.82, 2.24) is 14.8 Å². The summed E-state index contributed by atoms with van der Waals surface area (Å²) in [6.07, 6.45) is 3.18. The summed E-state index contributed by atoms with van der Waals surface area (Å²) in [6, 6.07) is 6.65. The number of hydrogen-bond donors (Lipinski definition) is 1. The molecule has 25 heavy (non-hydrogen) atoms. The summed E-state index contributed by atoms with van der Waals surface area (Å²) in [4.78, 5) is 12.1. The van der Waals surface area contributed by atoms with E-state index in [4.69, 9.17) is 39.2 Å². The average molecular weight is 418 g/mol. The standard InChI is InChI=1S/C15H11Cl3N4O2S/c16-10-4-12(18)13(5-11(10)17)20-14(23)7-25-15-21-19-8-22(15)6-9-2-1-3-24-9/h1-5,8H,6-7H2,(H,20,23). The minimum absolute atomic E-state index is 0.132. The van der Waals surface area contributed by atoms with Crippen molar-refractivity contribution in [3.63, 3.8) is 0 Å². The van der Waals surface area contributed by atoms with Crippen LogP contribution in [0.5, 0.6) is 0 Å². The minimum atomic E-state index is -0.252. The van der Waals surface area contributed by atoms with E-state index in [9.17, 15) is 4.79 Å². The Balaban J connectivity index is 1.60. The summed E-state index contributed by atoms with van der Waals surface area (Å²) in [5.41, 5.74) is 0.402. The van der Waals surface area contributed by atoms with Crippen molar-refractivity contribution >= 4 is 58.2 Å². The molecule has 10 heteroatoms. The van der Waals surface area contributed by atoms with E-state index in [1.54, 1.807) is 23.2 Å². The average Bonchev–Trinajstić information content (AvgIpc) is 3.23. The highest BCUT2D eigenvalue weighted by Gasteiger charge is 2.12. The van der Waals surface area contributed by atoms with Gasteiger partial charge in [-0.25, -0.2) is 0 Å². The summed E-state index contributed by atoms with van der Waals surface area (Å²) >= 11 is 19.1. The maximum Gasteiger partial charge on any atom is 0.234 e. The van der Waals surface area contributed by atoms with Gasteiger partial charge in [0.15, 0.2) is 5.16 Å². The Morgan fingerprint density at radius 2 is 2.04 bits per heavy atom. The summed E-state index contributed by atoms with van der Waals surface area (Å²) in [7, 11) is 0. The number of nitrogens with one attached hydrogen (secondary N) is 1. The maximum absolute atomic E-state index is 12.1. The number of hydrogen-bond acceptors (Lipinski definition) is 5. The number of anilines is 1. The van der Waals surface area contributed by atoms with Crippen molar-refractivity contribution in [1.29, 1.82) is 0 Å². The van der Waals surface area contributed by atoms with Crippen molar-refractivity contribution in [3.8, 4) is 0 Å². The van der Waals surface area contributed by atoms with Crippen molar-refractivity contribution < 1.29 is 9.21 Å². The normalized spacial score (nSPS) is 10.8. The molecule has 0 radical (unpaired) electrons. The maximum atomic E-state index is 12.1. The summed E-state index contributed by atoms with van der Waals surface area (Å²) in [5, 5.41) is 12.1. The molecule has 0 bridgehead atoms. The third-order valence-corrected chi connectivity index (χ3v) is 5.12. The van der Waals surface area contributed by atoms with Crippen LogP contribution in [0.15, 0.2) is 46.4 Å². The van der Waals surface area contributed by atoms with E-state index in [-0.39, 0.29) is 11.7 Å². The van der Waals surface area contributed by atoms with Crippen molar-refractivity contribution in [2.24, 2.45) is 0 Å². The van der Waals surface area contributed by atoms with E-state index in [2.05, 4.69) is 15.5 Å². The molecule has 130 valence electrons. The molecule has 3 aromatic rings. The Hall–Kier alpha value is -1.67. The predicted octanol–water partition coefficient (Wildman–Crippen LogP) is 4.61. The van der Waals surface area contributed by atoms with Gasteiger partial charge in [0, 0.05) is 0 Å². The number of furan rings is 1. The van der Waals surface area contributed by atoms with E-state index in [0.717, 1.165) is 5.76 Å². The van der Waals surface area contributed by atoms with Gasteiger partial charge < -0.3 is 14.3 Å². The van der Waals surface area contributed by atoms with Crippen LogP contribution in [-0.4, -0.2) is 26.4 Å². The van der Waals surface area contributed by atoms with E-state index >= 15 is 0 Å². The first kappa shape index (κ1) is 18.1. The van der Waals surface area contributed by atoms with Gasteiger partial charge in [-0.1, -0.05) is 46.6 Å². The van der Waals surface area contributed by atoms with Gasteiger partial charge >= 0.3 is 0 Å². The molecule has 2 heterocycles. The molecule has 1 aromatic carbocycles. The third-order valence-electron chi connectivity index (χ3n) is 3.10. The summed E-state index contributed by atoms with van der Waals surface area (Å²) < 4.78 is 7.09. The molecule has 6 nitrogen and oxygen atoms in total. The van der Waals surface area contributed by atoms with Crippen LogP contribution in [0.3, 0.4) is 0 Å². The second-order valence-corrected chi connectivity index (χ2v) is 7.07. The quantitative estimate of drug-likeness (QED) is 0.468. The number of aromatic nitrogens is 3. The van der Waals surface area contributed by atoms with Crippen LogP contribution >= 0.6 is 46.6 Å². The largest absolute Gasteiger partial charge is 0.467 e. The molecule has 0 saturated carbocycles. The van der Waals surface area contributed by atoms with Gasteiger partial charge in [-0.15, -0.1) is 10.2 Å². The fourth-order valence-corrected chi connectivity index (χ4v) is 3.28. The molecule has 0 aliphatic heterocycles. The van der Waals surface area contributed by atoms with Crippen LogP contribution in [-0.2, 0) is 11.3 Å². The van der Waals surface area contributed by atoms with Gasteiger partial charge in [-0.3, -0.25) is 4.79 Å². The van der Waals surface area contributed by atoms with Crippen molar-refractivity contribution in [3.05, 3.63) is 57.7 Å². The van der Waals surface area contributed by atoms with Crippen LogP contribution in [0, 0.1) is 0 Å². The smallest absolute Gasteiger partial charge is 0.234 e. The zero-order valence-electron chi connectivity index (χ0n) is 12.6. The topological polar surface area (TPSA) is 73.0 Å². The van der Waals surface area contributed by atoms with Crippen LogP contribution < -0.4 is 5.32 Å². The third kappa shape index (κ3) is 4.70. The fourth-order valence-electron chi connectivity index (χ4n) is 1.97. The number of nitrogens with zero attached hydrogens (tertiary/aromatic N) is 3. The number of thioether (sulfide) groups is 1. The monoisotopic (exact) mass is 416 g/mol. The Morgan fingerprint density at radius 1 is 1.24 bits per heavy atom. The first-order valence-electron chi connectivity index (χ1n) is 7.00. The van der Waals surface area contributed by atoms with E-state index in [1.807, 2.05) is 6.07 Å². The lowest BCUT2D eigenvalue weighted by Gasteiger charge is -2.09. The zero-order chi connectivity index (χ0) is 17.8. The highest BCUT2D eigenvalue weighted by atomic mass is 35.5. The highest BCUT2D eigenvalue weighted by Crippen LogP contribution is 2.32. The van der Waals surface area contributed by atoms with E-state index < -0.39 is 0 Å². The lowest BCUT2D eigenvalue weighted by atomic mass is 10.3. The first-order chi connectivity index (χ1) is 12.0. The van der Waals surface area contributed by atoms with Crippen LogP contribution in [0.1, 0.15) is 5.76 Å². The molecule has 3 rings (SSSR count). The van der Waals surface area contributed by atoms with Crippen molar-refractivity contribution in [2.45, 2.75) is 11.7 Å². The molecule has 0 atom stereocenters. The molecule has 0 fully saturated rings. The van der Waals surface area contributed by atoms with Gasteiger partial charge in [-0.05, 0) is 24.3 Å². The second kappa shape index (κ2) is 8.14. The fraction of sp³-hybridized carbons (Fsp3) is 0.133. The second-order valence-electron chi connectivity index (χ2n) is 4.90. The lowest BCUT2D eigenvalue weighted by molar-refractivity contribution is -0.113. The molecular formula is C15H11Cl3N4O2S. The van der Waals surface area contributed by atoms with Gasteiger partial charge in [0.25, 0.3) is 0 Å². The molecule has 0 spiro atoms. The number of carbonyl (C=O) groups excluding carboxylic acids is 1. The first-order valence-corrected chi connectivity index (χ1v) is 9.12. The molecule has 0 aliphatic rings. The predicted molar refractivity (Wildman–Crippen MR) is 98.7 cm³/mol. The molecular weight excluding hydrogens is 407 g/mol. The molecule has 2 aromatic heterocycles. The number of rotatable bonds is 6. The highest BCUT2D eigenvalue weighted by molar-refractivity contribution is 7.99. The Labute approximate surface area is 162 Å². The number of benzene rings is 1. The number of halogens is 3. The van der Waals surface area contributed by atoms with Crippen LogP contribution in [0.25, 0.3) is 0 Å². The van der Waals surface area contributed by atoms with Crippen LogP contribution in [0.4, 0.5) is 5.69 Å². The zero-order valence-corrected chi connectivity index (χ0v) is 15.7. The molecule has 1 N–H and O–H groups in total. The van der Waals surface area contributed by atoms with E-state index in [1.165, 1.54) is 23.9 Å².